The number of ketones is 1. The molecule has 0 unspecified atom stereocenters. The third-order valence-corrected chi connectivity index (χ3v) is 5.58. The number of aromatic hydroxyl groups is 1. The fraction of sp³-hybridized carbons (Fsp3) is 0.417. The van der Waals surface area contributed by atoms with Crippen LogP contribution in [-0.2, 0) is 0 Å². The molecule has 0 spiro atoms. The van der Waals surface area contributed by atoms with Gasteiger partial charge in [0.1, 0.15) is 5.75 Å². The molecule has 6 nitrogen and oxygen atoms in total. The van der Waals surface area contributed by atoms with E-state index in [1.165, 1.54) is 22.7 Å². The van der Waals surface area contributed by atoms with E-state index in [1.54, 1.807) is 20.2 Å². The summed E-state index contributed by atoms with van der Waals surface area (Å²) in [5, 5.41) is 9.92. The topological polar surface area (TPSA) is 64.1 Å². The number of hydrogen-bond donors (Lipinski definition) is 1. The van der Waals surface area contributed by atoms with E-state index in [0.717, 1.165) is 45.6 Å². The summed E-state index contributed by atoms with van der Waals surface area (Å²) in [6.45, 7) is 5.13. The molecule has 1 saturated heterocycles. The number of Topliss-reactive ketones (excluding diaryl/α,β-unsaturated/α-hetero) is 1. The Kier molecular flexibility index (Phi) is 7.46. The Morgan fingerprint density at radius 3 is 2.33 bits per heavy atom. The minimum absolute atomic E-state index is 0.0108. The molecular formula is C24H31N3O3. The lowest BCUT2D eigenvalue weighted by molar-refractivity contribution is 0.0824. The zero-order valence-electron chi connectivity index (χ0n) is 17.9. The molecule has 1 fully saturated rings. The van der Waals surface area contributed by atoms with Crippen LogP contribution in [0, 0.1) is 0 Å². The first-order valence-corrected chi connectivity index (χ1v) is 10.6. The largest absolute Gasteiger partial charge is 0.507 e. The van der Waals surface area contributed by atoms with E-state index >= 15 is 0 Å². The molecule has 1 amide bonds. The molecule has 1 N–H and O–H groups in total. The van der Waals surface area contributed by atoms with E-state index in [4.69, 9.17) is 0 Å². The number of hydrogen-bond acceptors (Lipinski definition) is 5. The zero-order valence-corrected chi connectivity index (χ0v) is 17.9. The fourth-order valence-corrected chi connectivity index (χ4v) is 3.76. The van der Waals surface area contributed by atoms with Crippen LogP contribution in [0.4, 0.5) is 5.69 Å². The van der Waals surface area contributed by atoms with Crippen LogP contribution in [0.2, 0.25) is 0 Å². The highest BCUT2D eigenvalue weighted by atomic mass is 16.3. The first-order chi connectivity index (χ1) is 14.5. The van der Waals surface area contributed by atoms with Gasteiger partial charge in [0.25, 0.3) is 5.91 Å². The van der Waals surface area contributed by atoms with Crippen LogP contribution in [0.1, 0.15) is 40.0 Å². The third-order valence-electron chi connectivity index (χ3n) is 5.58. The van der Waals surface area contributed by atoms with E-state index in [9.17, 15) is 14.7 Å². The molecule has 6 heteroatoms. The smallest absolute Gasteiger partial charge is 0.257 e. The third kappa shape index (κ3) is 5.60. The Hall–Kier alpha value is -2.86. The van der Waals surface area contributed by atoms with Crippen molar-refractivity contribution in [1.29, 1.82) is 0 Å². The van der Waals surface area contributed by atoms with Crippen molar-refractivity contribution < 1.29 is 14.7 Å². The summed E-state index contributed by atoms with van der Waals surface area (Å²) in [6.07, 6.45) is 2.23. The van der Waals surface area contributed by atoms with E-state index in [-0.39, 0.29) is 23.0 Å². The molecule has 0 saturated carbocycles. The minimum Gasteiger partial charge on any atom is -0.507 e. The van der Waals surface area contributed by atoms with Crippen molar-refractivity contribution in [3.63, 3.8) is 0 Å². The van der Waals surface area contributed by atoms with Crippen LogP contribution in [0.3, 0.4) is 0 Å². The van der Waals surface area contributed by atoms with Gasteiger partial charge in [0.05, 0.1) is 5.56 Å². The van der Waals surface area contributed by atoms with Crippen molar-refractivity contribution in [1.82, 2.24) is 9.80 Å². The second-order valence-electron chi connectivity index (χ2n) is 7.98. The first kappa shape index (κ1) is 21.8. The molecular weight excluding hydrogens is 378 g/mol. The Morgan fingerprint density at radius 1 is 0.967 bits per heavy atom. The van der Waals surface area contributed by atoms with Gasteiger partial charge >= 0.3 is 0 Å². The van der Waals surface area contributed by atoms with E-state index in [1.807, 2.05) is 6.07 Å². The molecule has 0 bridgehead atoms. The molecule has 1 heterocycles. The Labute approximate surface area is 178 Å². The van der Waals surface area contributed by atoms with Crippen LogP contribution in [0.25, 0.3) is 0 Å². The van der Waals surface area contributed by atoms with Gasteiger partial charge in [0, 0.05) is 57.9 Å². The van der Waals surface area contributed by atoms with Gasteiger partial charge in [0.2, 0.25) is 0 Å². The van der Waals surface area contributed by atoms with Crippen molar-refractivity contribution >= 4 is 17.4 Å². The summed E-state index contributed by atoms with van der Waals surface area (Å²) in [5.74, 6) is -0.395. The van der Waals surface area contributed by atoms with Gasteiger partial charge < -0.3 is 14.9 Å². The van der Waals surface area contributed by atoms with Crippen molar-refractivity contribution in [2.45, 2.75) is 19.3 Å². The Bertz CT molecular complexity index is 859. The quantitative estimate of drug-likeness (QED) is 0.536. The number of unbranched alkanes of at least 4 members (excludes halogenated alkanes) is 1. The molecule has 160 valence electrons. The van der Waals surface area contributed by atoms with E-state index in [0.29, 0.717) is 12.0 Å². The van der Waals surface area contributed by atoms with Gasteiger partial charge in [-0.05, 0) is 49.7 Å². The molecule has 0 aromatic heterocycles. The second-order valence-corrected chi connectivity index (χ2v) is 7.98. The van der Waals surface area contributed by atoms with Gasteiger partial charge in [-0.15, -0.1) is 0 Å². The van der Waals surface area contributed by atoms with Crippen molar-refractivity contribution in [2.75, 3.05) is 51.7 Å². The molecule has 1 aliphatic rings. The molecule has 0 atom stereocenters. The predicted molar refractivity (Wildman–Crippen MR) is 119 cm³/mol. The number of piperazine rings is 1. The number of para-hydroxylation sites is 1. The predicted octanol–water partition coefficient (Wildman–Crippen LogP) is 3.27. The normalized spacial score (nSPS) is 14.5. The summed E-state index contributed by atoms with van der Waals surface area (Å²) >= 11 is 0. The Morgan fingerprint density at radius 2 is 1.67 bits per heavy atom. The highest BCUT2D eigenvalue weighted by Crippen LogP contribution is 2.21. The molecule has 0 radical (unpaired) electrons. The molecule has 2 aromatic rings. The summed E-state index contributed by atoms with van der Waals surface area (Å²) in [6, 6.07) is 15.0. The van der Waals surface area contributed by atoms with Crippen LogP contribution in [0.15, 0.2) is 48.5 Å². The van der Waals surface area contributed by atoms with Crippen molar-refractivity contribution in [3.05, 3.63) is 59.7 Å². The highest BCUT2D eigenvalue weighted by Gasteiger charge is 2.18. The van der Waals surface area contributed by atoms with Gasteiger partial charge in [-0.2, -0.15) is 0 Å². The van der Waals surface area contributed by atoms with Crippen molar-refractivity contribution in [2.24, 2.45) is 0 Å². The molecule has 1 aliphatic heterocycles. The van der Waals surface area contributed by atoms with Gasteiger partial charge in [-0.1, -0.05) is 18.2 Å². The van der Waals surface area contributed by atoms with Gasteiger partial charge in [0.15, 0.2) is 5.78 Å². The van der Waals surface area contributed by atoms with Gasteiger partial charge in [-0.25, -0.2) is 0 Å². The summed E-state index contributed by atoms with van der Waals surface area (Å²) < 4.78 is 0. The number of amides is 1. The molecule has 0 aliphatic carbocycles. The summed E-state index contributed by atoms with van der Waals surface area (Å²) in [5.41, 5.74) is 1.93. The number of anilines is 1. The number of benzene rings is 2. The van der Waals surface area contributed by atoms with Crippen molar-refractivity contribution in [3.8, 4) is 5.75 Å². The van der Waals surface area contributed by atoms with Crippen LogP contribution >= 0.6 is 0 Å². The standard InChI is InChI=1S/C24H31N3O3/c1-25(2)24(30)21-18-19(11-12-23(21)29)22(28)10-6-7-13-26-14-16-27(17-15-26)20-8-4-3-5-9-20/h3-5,8-9,11-12,18,29H,6-7,10,13-17H2,1-2H3. The SMILES string of the molecule is CN(C)C(=O)c1cc(C(=O)CCCCN2CCN(c3ccccc3)CC2)ccc1O. The zero-order chi connectivity index (χ0) is 21.5. The number of nitrogens with zero attached hydrogens (tertiary/aromatic N) is 3. The lowest BCUT2D eigenvalue weighted by Gasteiger charge is -2.36. The number of phenols is 1. The number of rotatable bonds is 8. The Balaban J connectivity index is 1.41. The molecule has 3 rings (SSSR count). The average Bonchev–Trinajstić information content (AvgIpc) is 2.77. The van der Waals surface area contributed by atoms with Crippen LogP contribution in [0.5, 0.6) is 5.75 Å². The maximum Gasteiger partial charge on any atom is 0.257 e. The van der Waals surface area contributed by atoms with Crippen LogP contribution in [-0.4, -0.2) is 73.4 Å². The number of phenolic OH excluding ortho intramolecular Hbond substituents is 1. The lowest BCUT2D eigenvalue weighted by Crippen LogP contribution is -2.46. The first-order valence-electron chi connectivity index (χ1n) is 10.6. The van der Waals surface area contributed by atoms with Gasteiger partial charge in [-0.3, -0.25) is 14.5 Å². The van der Waals surface area contributed by atoms with E-state index < -0.39 is 0 Å². The van der Waals surface area contributed by atoms with E-state index in [2.05, 4.69) is 34.1 Å². The number of carbonyl (C=O) groups is 2. The molecule has 30 heavy (non-hydrogen) atoms. The summed E-state index contributed by atoms with van der Waals surface area (Å²) in [7, 11) is 3.24. The highest BCUT2D eigenvalue weighted by molar-refractivity contribution is 6.02. The maximum absolute atomic E-state index is 12.5. The molecule has 2 aromatic carbocycles. The lowest BCUT2D eigenvalue weighted by atomic mass is 10.0. The monoisotopic (exact) mass is 409 g/mol. The van der Waals surface area contributed by atoms with Crippen LogP contribution < -0.4 is 4.90 Å². The number of carbonyl (C=O) groups excluding carboxylic acids is 2. The minimum atomic E-state index is -0.309. The second kappa shape index (κ2) is 10.3. The summed E-state index contributed by atoms with van der Waals surface area (Å²) in [4.78, 5) is 30.9. The average molecular weight is 410 g/mol. The maximum atomic E-state index is 12.5. The fourth-order valence-electron chi connectivity index (χ4n) is 3.76.